The quantitative estimate of drug-likeness (QED) is 0.568. The third-order valence-corrected chi connectivity index (χ3v) is 2.69. The van der Waals surface area contributed by atoms with E-state index in [-0.39, 0.29) is 5.41 Å². The molecule has 0 unspecified atom stereocenters. The van der Waals surface area contributed by atoms with Gasteiger partial charge >= 0.3 is 0 Å². The smallest absolute Gasteiger partial charge is 0.231 e. The Kier molecular flexibility index (Phi) is 1.42. The van der Waals surface area contributed by atoms with E-state index >= 15 is 0 Å². The van der Waals surface area contributed by atoms with Crippen molar-refractivity contribution in [2.75, 3.05) is 26.2 Å². The highest BCUT2D eigenvalue weighted by Crippen LogP contribution is 2.26. The Balaban J connectivity index is 1.97. The predicted octanol–water partition coefficient (Wildman–Crippen LogP) is -0.172. The monoisotopic (exact) mass is 154 g/mol. The molecule has 2 saturated heterocycles. The van der Waals surface area contributed by atoms with Crippen LogP contribution < -0.4 is 5.32 Å². The van der Waals surface area contributed by atoms with E-state index in [1.807, 2.05) is 11.8 Å². The molecule has 0 aromatic carbocycles. The van der Waals surface area contributed by atoms with Gasteiger partial charge in [-0.05, 0) is 13.3 Å². The van der Waals surface area contributed by atoms with E-state index in [2.05, 4.69) is 5.32 Å². The second-order valence-electron chi connectivity index (χ2n) is 3.81. The second kappa shape index (κ2) is 2.21. The lowest BCUT2D eigenvalue weighted by Crippen LogP contribution is -2.62. The van der Waals surface area contributed by atoms with Crippen molar-refractivity contribution in [2.24, 2.45) is 5.41 Å². The van der Waals surface area contributed by atoms with Gasteiger partial charge in [0.1, 0.15) is 0 Å². The Bertz CT molecular complexity index is 183. The molecule has 0 aromatic heterocycles. The summed E-state index contributed by atoms with van der Waals surface area (Å²) >= 11 is 0. The molecule has 2 rings (SSSR count). The minimum atomic E-state index is -0.0690. The summed E-state index contributed by atoms with van der Waals surface area (Å²) in [4.78, 5) is 13.6. The number of rotatable bonds is 1. The highest BCUT2D eigenvalue weighted by molar-refractivity contribution is 5.84. The summed E-state index contributed by atoms with van der Waals surface area (Å²) in [6, 6.07) is 0. The van der Waals surface area contributed by atoms with Crippen molar-refractivity contribution in [3.63, 3.8) is 0 Å². The molecule has 2 aliphatic heterocycles. The normalized spacial score (nSPS) is 27.2. The summed E-state index contributed by atoms with van der Waals surface area (Å²) < 4.78 is 0. The van der Waals surface area contributed by atoms with Crippen molar-refractivity contribution in [3.05, 3.63) is 0 Å². The topological polar surface area (TPSA) is 32.3 Å². The van der Waals surface area contributed by atoms with Gasteiger partial charge in [-0.3, -0.25) is 4.79 Å². The molecule has 0 atom stereocenters. The molecular weight excluding hydrogens is 140 g/mol. The molecule has 3 heteroatoms. The van der Waals surface area contributed by atoms with Crippen LogP contribution in [0.25, 0.3) is 0 Å². The highest BCUT2D eigenvalue weighted by Gasteiger charge is 2.42. The first-order valence-corrected chi connectivity index (χ1v) is 4.22. The van der Waals surface area contributed by atoms with Crippen LogP contribution >= 0.6 is 0 Å². The number of nitrogens with zero attached hydrogens (tertiary/aromatic N) is 1. The molecular formula is C8H14N2O. The molecule has 2 heterocycles. The Morgan fingerprint density at radius 3 is 2.36 bits per heavy atom. The van der Waals surface area contributed by atoms with Crippen molar-refractivity contribution < 1.29 is 4.79 Å². The molecule has 2 aliphatic rings. The Labute approximate surface area is 66.8 Å². The van der Waals surface area contributed by atoms with Crippen molar-refractivity contribution in [1.82, 2.24) is 10.2 Å². The lowest BCUT2D eigenvalue weighted by molar-refractivity contribution is -0.147. The number of carbonyl (C=O) groups is 1. The molecule has 2 fully saturated rings. The minimum Gasteiger partial charge on any atom is -0.342 e. The molecule has 0 aromatic rings. The van der Waals surface area contributed by atoms with Gasteiger partial charge in [0, 0.05) is 26.2 Å². The summed E-state index contributed by atoms with van der Waals surface area (Å²) in [6.45, 7) is 5.73. The van der Waals surface area contributed by atoms with Crippen LogP contribution in [0.3, 0.4) is 0 Å². The standard InChI is InChI=1S/C8H14N2O/c1-8(5-9-6-8)7(11)10-3-2-4-10/h9H,2-6H2,1H3. The van der Waals surface area contributed by atoms with E-state index in [1.165, 1.54) is 6.42 Å². The average Bonchev–Trinajstić information content (AvgIpc) is 1.78. The van der Waals surface area contributed by atoms with Crippen LogP contribution in [0, 0.1) is 5.41 Å². The maximum Gasteiger partial charge on any atom is 0.231 e. The zero-order valence-electron chi connectivity index (χ0n) is 6.89. The van der Waals surface area contributed by atoms with Crippen LogP contribution in [0.1, 0.15) is 13.3 Å². The number of hydrogen-bond donors (Lipinski definition) is 1. The van der Waals surface area contributed by atoms with E-state index in [1.54, 1.807) is 0 Å². The Morgan fingerprint density at radius 2 is 2.09 bits per heavy atom. The van der Waals surface area contributed by atoms with Crippen molar-refractivity contribution >= 4 is 5.91 Å². The average molecular weight is 154 g/mol. The van der Waals surface area contributed by atoms with E-state index in [0.717, 1.165) is 26.2 Å². The van der Waals surface area contributed by atoms with Gasteiger partial charge in [-0.15, -0.1) is 0 Å². The molecule has 62 valence electrons. The maximum atomic E-state index is 11.6. The molecule has 11 heavy (non-hydrogen) atoms. The third-order valence-electron chi connectivity index (χ3n) is 2.69. The van der Waals surface area contributed by atoms with Crippen LogP contribution in [0.5, 0.6) is 0 Å². The Hall–Kier alpha value is -0.570. The third kappa shape index (κ3) is 0.948. The fraction of sp³-hybridized carbons (Fsp3) is 0.875. The molecule has 0 spiro atoms. The molecule has 0 aliphatic carbocycles. The van der Waals surface area contributed by atoms with Gasteiger partial charge in [0.25, 0.3) is 0 Å². The molecule has 0 radical (unpaired) electrons. The fourth-order valence-electron chi connectivity index (χ4n) is 1.55. The van der Waals surface area contributed by atoms with Crippen LogP contribution in [0.2, 0.25) is 0 Å². The fourth-order valence-corrected chi connectivity index (χ4v) is 1.55. The number of likely N-dealkylation sites (tertiary alicyclic amines) is 1. The first kappa shape index (κ1) is 7.10. The summed E-state index contributed by atoms with van der Waals surface area (Å²) in [6.07, 6.45) is 1.19. The predicted molar refractivity (Wildman–Crippen MR) is 42.2 cm³/mol. The van der Waals surface area contributed by atoms with Crippen LogP contribution in [-0.4, -0.2) is 37.0 Å². The van der Waals surface area contributed by atoms with Crippen LogP contribution in [-0.2, 0) is 4.79 Å². The van der Waals surface area contributed by atoms with Gasteiger partial charge in [-0.1, -0.05) is 0 Å². The molecule has 0 saturated carbocycles. The molecule has 0 bridgehead atoms. The van der Waals surface area contributed by atoms with E-state index in [9.17, 15) is 4.79 Å². The summed E-state index contributed by atoms with van der Waals surface area (Å²) in [5.41, 5.74) is -0.0690. The van der Waals surface area contributed by atoms with E-state index in [0.29, 0.717) is 5.91 Å². The van der Waals surface area contributed by atoms with Crippen LogP contribution in [0.15, 0.2) is 0 Å². The van der Waals surface area contributed by atoms with Gasteiger partial charge in [-0.25, -0.2) is 0 Å². The summed E-state index contributed by atoms with van der Waals surface area (Å²) in [5.74, 6) is 0.350. The second-order valence-corrected chi connectivity index (χ2v) is 3.81. The van der Waals surface area contributed by atoms with Gasteiger partial charge in [0.2, 0.25) is 5.91 Å². The Morgan fingerprint density at radius 1 is 1.45 bits per heavy atom. The van der Waals surface area contributed by atoms with E-state index in [4.69, 9.17) is 0 Å². The maximum absolute atomic E-state index is 11.6. The highest BCUT2D eigenvalue weighted by atomic mass is 16.2. The van der Waals surface area contributed by atoms with Crippen molar-refractivity contribution in [3.8, 4) is 0 Å². The molecule has 1 amide bonds. The van der Waals surface area contributed by atoms with Crippen molar-refractivity contribution in [2.45, 2.75) is 13.3 Å². The largest absolute Gasteiger partial charge is 0.342 e. The minimum absolute atomic E-state index is 0.0690. The first-order chi connectivity index (χ1) is 5.22. The molecule has 3 nitrogen and oxygen atoms in total. The van der Waals surface area contributed by atoms with Gasteiger partial charge in [-0.2, -0.15) is 0 Å². The lowest BCUT2D eigenvalue weighted by Gasteiger charge is -2.44. The van der Waals surface area contributed by atoms with Gasteiger partial charge in [0.05, 0.1) is 5.41 Å². The molecule has 1 N–H and O–H groups in total. The zero-order valence-corrected chi connectivity index (χ0v) is 6.89. The van der Waals surface area contributed by atoms with Gasteiger partial charge in [0.15, 0.2) is 0 Å². The van der Waals surface area contributed by atoms with Crippen molar-refractivity contribution in [1.29, 1.82) is 0 Å². The summed E-state index contributed by atoms with van der Waals surface area (Å²) in [5, 5.41) is 3.14. The first-order valence-electron chi connectivity index (χ1n) is 4.22. The number of carbonyl (C=O) groups excluding carboxylic acids is 1. The van der Waals surface area contributed by atoms with E-state index < -0.39 is 0 Å². The number of hydrogen-bond acceptors (Lipinski definition) is 2. The van der Waals surface area contributed by atoms with Gasteiger partial charge < -0.3 is 10.2 Å². The summed E-state index contributed by atoms with van der Waals surface area (Å²) in [7, 11) is 0. The lowest BCUT2D eigenvalue weighted by atomic mass is 9.82. The SMILES string of the molecule is CC1(C(=O)N2CCC2)CNC1. The number of nitrogens with one attached hydrogen (secondary N) is 1. The zero-order chi connectivity index (χ0) is 7.90. The number of amides is 1. The van der Waals surface area contributed by atoms with Crippen LogP contribution in [0.4, 0.5) is 0 Å².